The number of carbonyl (C=O) groups is 1. The smallest absolute Gasteiger partial charge is 0.221 e. The van der Waals surface area contributed by atoms with Gasteiger partial charge in [-0.2, -0.15) is 0 Å². The maximum Gasteiger partial charge on any atom is 0.221 e. The van der Waals surface area contributed by atoms with Crippen LogP contribution in [-0.4, -0.2) is 53.0 Å². The van der Waals surface area contributed by atoms with Crippen molar-refractivity contribution in [2.24, 2.45) is 0 Å². The van der Waals surface area contributed by atoms with Crippen LogP contribution in [0.3, 0.4) is 0 Å². The Morgan fingerprint density at radius 1 is 1.33 bits per heavy atom. The minimum atomic E-state index is -0.809. The first-order valence-electron chi connectivity index (χ1n) is 9.55. The van der Waals surface area contributed by atoms with Gasteiger partial charge in [0.05, 0.1) is 29.7 Å². The van der Waals surface area contributed by atoms with Gasteiger partial charge in [-0.25, -0.2) is 13.8 Å². The summed E-state index contributed by atoms with van der Waals surface area (Å²) in [6, 6.07) is 5.52. The van der Waals surface area contributed by atoms with Crippen LogP contribution in [-0.2, 0) is 16.0 Å². The SMILES string of the molecule is CC(=O)Nc1cc(F)c(-c2nc3cc(Cl)ccn3c2CC2CN(C)CCO2)c(F)c1. The molecule has 6 nitrogen and oxygen atoms in total. The molecular formula is C21H21ClF2N4O2. The van der Waals surface area contributed by atoms with E-state index in [1.807, 2.05) is 7.05 Å². The molecule has 1 atom stereocenters. The van der Waals surface area contributed by atoms with Crippen LogP contribution in [0.25, 0.3) is 16.9 Å². The number of pyridine rings is 1. The Bertz CT molecular complexity index is 1090. The minimum absolute atomic E-state index is 0.0480. The summed E-state index contributed by atoms with van der Waals surface area (Å²) in [5, 5.41) is 2.87. The van der Waals surface area contributed by atoms with Gasteiger partial charge in [-0.1, -0.05) is 11.6 Å². The number of aromatic nitrogens is 2. The maximum absolute atomic E-state index is 15.0. The van der Waals surface area contributed by atoms with Crippen LogP contribution >= 0.6 is 11.6 Å². The second-order valence-corrected chi connectivity index (χ2v) is 7.87. The quantitative estimate of drug-likeness (QED) is 0.679. The van der Waals surface area contributed by atoms with Gasteiger partial charge in [0.15, 0.2) is 0 Å². The number of rotatable bonds is 4. The Hall–Kier alpha value is -2.55. The lowest BCUT2D eigenvalue weighted by molar-refractivity contribution is -0.114. The number of fused-ring (bicyclic) bond motifs is 1. The Morgan fingerprint density at radius 3 is 2.73 bits per heavy atom. The van der Waals surface area contributed by atoms with E-state index >= 15 is 0 Å². The van der Waals surface area contributed by atoms with E-state index in [4.69, 9.17) is 16.3 Å². The number of carbonyl (C=O) groups excluding carboxylic acids is 1. The standard InChI is InChI=1S/C21H21ClF2N4O2/c1-12(29)25-14-8-16(23)20(17(24)9-14)21-18(10-15-11-27(2)5-6-30-15)28-4-3-13(22)7-19(28)26-21/h3-4,7-9,15H,5-6,10-11H2,1-2H3,(H,25,29). The summed E-state index contributed by atoms with van der Waals surface area (Å²) in [6.45, 7) is 3.40. The normalized spacial score (nSPS) is 17.4. The number of likely N-dealkylation sites (N-methyl/N-ethyl adjacent to an activating group) is 1. The zero-order chi connectivity index (χ0) is 21.4. The molecule has 2 aromatic heterocycles. The predicted octanol–water partition coefficient (Wildman–Crippen LogP) is 3.76. The van der Waals surface area contributed by atoms with Gasteiger partial charge in [0.1, 0.15) is 17.3 Å². The summed E-state index contributed by atoms with van der Waals surface area (Å²) in [4.78, 5) is 17.9. The lowest BCUT2D eigenvalue weighted by Crippen LogP contribution is -2.41. The Balaban J connectivity index is 1.83. The van der Waals surface area contributed by atoms with Gasteiger partial charge >= 0.3 is 0 Å². The highest BCUT2D eigenvalue weighted by Crippen LogP contribution is 2.33. The molecule has 0 spiro atoms. The van der Waals surface area contributed by atoms with Crippen molar-refractivity contribution in [2.45, 2.75) is 19.4 Å². The lowest BCUT2D eigenvalue weighted by Gasteiger charge is -2.30. The summed E-state index contributed by atoms with van der Waals surface area (Å²) in [7, 11) is 2.00. The van der Waals surface area contributed by atoms with Crippen LogP contribution in [0, 0.1) is 11.6 Å². The van der Waals surface area contributed by atoms with Crippen LogP contribution < -0.4 is 5.32 Å². The monoisotopic (exact) mass is 434 g/mol. The topological polar surface area (TPSA) is 58.9 Å². The Kier molecular flexibility index (Phi) is 5.73. The number of nitrogens with one attached hydrogen (secondary N) is 1. The number of imidazole rings is 1. The van der Waals surface area contributed by atoms with E-state index in [2.05, 4.69) is 15.2 Å². The zero-order valence-corrected chi connectivity index (χ0v) is 17.3. The van der Waals surface area contributed by atoms with E-state index in [9.17, 15) is 13.6 Å². The first kappa shape index (κ1) is 20.7. The number of amides is 1. The Morgan fingerprint density at radius 2 is 2.07 bits per heavy atom. The molecule has 1 aliphatic heterocycles. The molecule has 9 heteroatoms. The number of hydrogen-bond donors (Lipinski definition) is 1. The molecule has 1 saturated heterocycles. The molecule has 1 aliphatic rings. The summed E-state index contributed by atoms with van der Waals surface area (Å²) in [6.07, 6.45) is 2.02. The highest BCUT2D eigenvalue weighted by atomic mass is 35.5. The molecule has 0 aliphatic carbocycles. The molecule has 3 aromatic rings. The molecule has 0 bridgehead atoms. The van der Waals surface area contributed by atoms with Crippen molar-refractivity contribution in [2.75, 3.05) is 32.1 Å². The van der Waals surface area contributed by atoms with E-state index in [-0.39, 0.29) is 23.0 Å². The molecule has 0 radical (unpaired) electrons. The Labute approximate surface area is 177 Å². The van der Waals surface area contributed by atoms with Crippen molar-refractivity contribution in [3.8, 4) is 11.3 Å². The molecule has 0 saturated carbocycles. The third kappa shape index (κ3) is 4.16. The van der Waals surface area contributed by atoms with Gasteiger partial charge < -0.3 is 19.4 Å². The third-order valence-electron chi connectivity index (χ3n) is 5.05. The van der Waals surface area contributed by atoms with Crippen molar-refractivity contribution in [3.05, 3.63) is 52.8 Å². The number of nitrogens with zero attached hydrogens (tertiary/aromatic N) is 3. The molecule has 30 heavy (non-hydrogen) atoms. The number of benzene rings is 1. The number of halogens is 3. The fourth-order valence-corrected chi connectivity index (χ4v) is 3.90. The van der Waals surface area contributed by atoms with E-state index in [1.54, 1.807) is 22.7 Å². The van der Waals surface area contributed by atoms with E-state index in [1.165, 1.54) is 6.92 Å². The van der Waals surface area contributed by atoms with E-state index in [0.29, 0.717) is 35.9 Å². The minimum Gasteiger partial charge on any atom is -0.375 e. The van der Waals surface area contributed by atoms with Gasteiger partial charge in [0, 0.05) is 49.4 Å². The van der Waals surface area contributed by atoms with Crippen LogP contribution in [0.15, 0.2) is 30.5 Å². The van der Waals surface area contributed by atoms with Crippen molar-refractivity contribution in [1.82, 2.24) is 14.3 Å². The van der Waals surface area contributed by atoms with Gasteiger partial charge in [0.25, 0.3) is 0 Å². The first-order valence-corrected chi connectivity index (χ1v) is 9.93. The third-order valence-corrected chi connectivity index (χ3v) is 5.28. The first-order chi connectivity index (χ1) is 14.3. The average molecular weight is 435 g/mol. The fourth-order valence-electron chi connectivity index (χ4n) is 3.75. The number of anilines is 1. The van der Waals surface area contributed by atoms with Crippen LogP contribution in [0.1, 0.15) is 12.6 Å². The molecule has 1 amide bonds. The highest BCUT2D eigenvalue weighted by molar-refractivity contribution is 6.30. The number of ether oxygens (including phenoxy) is 1. The molecule has 1 unspecified atom stereocenters. The summed E-state index contributed by atoms with van der Waals surface area (Å²) in [5.41, 5.74) is 1.11. The summed E-state index contributed by atoms with van der Waals surface area (Å²) in [5.74, 6) is -2.03. The second kappa shape index (κ2) is 8.29. The molecule has 158 valence electrons. The fraction of sp³-hybridized carbons (Fsp3) is 0.333. The van der Waals surface area contributed by atoms with Crippen molar-refractivity contribution in [1.29, 1.82) is 0 Å². The summed E-state index contributed by atoms with van der Waals surface area (Å²) >= 11 is 6.10. The zero-order valence-electron chi connectivity index (χ0n) is 16.6. The van der Waals surface area contributed by atoms with Gasteiger partial charge in [-0.05, 0) is 25.2 Å². The molecule has 4 rings (SSSR count). The van der Waals surface area contributed by atoms with Crippen molar-refractivity contribution < 1.29 is 18.3 Å². The average Bonchev–Trinajstić information content (AvgIpc) is 2.97. The predicted molar refractivity (Wildman–Crippen MR) is 111 cm³/mol. The van der Waals surface area contributed by atoms with Crippen LogP contribution in [0.4, 0.5) is 14.5 Å². The van der Waals surface area contributed by atoms with Gasteiger partial charge in [0.2, 0.25) is 5.91 Å². The molecule has 1 fully saturated rings. The maximum atomic E-state index is 15.0. The van der Waals surface area contributed by atoms with Gasteiger partial charge in [-0.3, -0.25) is 4.79 Å². The largest absolute Gasteiger partial charge is 0.375 e. The molecular weight excluding hydrogens is 414 g/mol. The van der Waals surface area contributed by atoms with E-state index < -0.39 is 17.5 Å². The van der Waals surface area contributed by atoms with Crippen molar-refractivity contribution in [3.63, 3.8) is 0 Å². The molecule has 3 heterocycles. The van der Waals surface area contributed by atoms with Crippen molar-refractivity contribution >= 4 is 28.8 Å². The molecule has 1 N–H and O–H groups in total. The number of morpholine rings is 1. The molecule has 1 aromatic carbocycles. The lowest BCUT2D eigenvalue weighted by atomic mass is 10.0. The highest BCUT2D eigenvalue weighted by Gasteiger charge is 2.26. The van der Waals surface area contributed by atoms with Crippen LogP contribution in [0.2, 0.25) is 5.02 Å². The number of hydrogen-bond acceptors (Lipinski definition) is 4. The van der Waals surface area contributed by atoms with Crippen LogP contribution in [0.5, 0.6) is 0 Å². The second-order valence-electron chi connectivity index (χ2n) is 7.44. The van der Waals surface area contributed by atoms with E-state index in [0.717, 1.165) is 18.7 Å². The summed E-state index contributed by atoms with van der Waals surface area (Å²) < 4.78 is 37.6. The van der Waals surface area contributed by atoms with Gasteiger partial charge in [-0.15, -0.1) is 0 Å².